The van der Waals surface area contributed by atoms with Crippen molar-refractivity contribution < 1.29 is 4.79 Å². The Hall–Kier alpha value is -2.28. The standard InChI is InChI=1S/C19H23N5OS/c1-11-15-13(17(25)23(5)18-20-8-9-26-18)10-14(12-6-7-12)21-16(15)24(22-11)19(2,3)4/h8-10,12H,6-7H2,1-5H3. The van der Waals surface area contributed by atoms with E-state index in [0.717, 1.165) is 35.3 Å². The third kappa shape index (κ3) is 2.80. The van der Waals surface area contributed by atoms with Gasteiger partial charge in [-0.15, -0.1) is 11.3 Å². The highest BCUT2D eigenvalue weighted by Crippen LogP contribution is 2.41. The number of amides is 1. The normalized spacial score (nSPS) is 14.8. The number of carbonyl (C=O) groups is 1. The van der Waals surface area contributed by atoms with Crippen molar-refractivity contribution in [2.45, 2.75) is 52.0 Å². The molecule has 4 rings (SSSR count). The molecule has 0 aromatic carbocycles. The maximum atomic E-state index is 13.3. The summed E-state index contributed by atoms with van der Waals surface area (Å²) >= 11 is 1.45. The fourth-order valence-corrected chi connectivity index (χ4v) is 3.79. The first kappa shape index (κ1) is 17.1. The van der Waals surface area contributed by atoms with Crippen LogP contribution in [-0.4, -0.2) is 32.7 Å². The van der Waals surface area contributed by atoms with E-state index in [1.165, 1.54) is 11.3 Å². The summed E-state index contributed by atoms with van der Waals surface area (Å²) in [5.74, 6) is 0.394. The zero-order valence-electron chi connectivity index (χ0n) is 15.8. The molecular weight excluding hydrogens is 346 g/mol. The van der Waals surface area contributed by atoms with Gasteiger partial charge in [0.15, 0.2) is 10.8 Å². The van der Waals surface area contributed by atoms with Crippen molar-refractivity contribution in [3.8, 4) is 0 Å². The van der Waals surface area contributed by atoms with Crippen LogP contribution < -0.4 is 4.90 Å². The maximum absolute atomic E-state index is 13.3. The highest BCUT2D eigenvalue weighted by Gasteiger charge is 2.31. The number of anilines is 1. The van der Waals surface area contributed by atoms with Crippen molar-refractivity contribution in [2.24, 2.45) is 0 Å². The topological polar surface area (TPSA) is 63.9 Å². The summed E-state index contributed by atoms with van der Waals surface area (Å²) in [7, 11) is 1.77. The van der Waals surface area contributed by atoms with Crippen LogP contribution in [0.5, 0.6) is 0 Å². The second kappa shape index (κ2) is 5.87. The van der Waals surface area contributed by atoms with Crippen LogP contribution in [0.1, 0.15) is 61.3 Å². The highest BCUT2D eigenvalue weighted by molar-refractivity contribution is 7.13. The second-order valence-corrected chi connectivity index (χ2v) is 8.79. The van der Waals surface area contributed by atoms with Crippen LogP contribution in [0, 0.1) is 6.92 Å². The van der Waals surface area contributed by atoms with Crippen LogP contribution in [0.2, 0.25) is 0 Å². The van der Waals surface area contributed by atoms with Gasteiger partial charge in [0.1, 0.15) is 0 Å². The van der Waals surface area contributed by atoms with Crippen molar-refractivity contribution in [3.05, 3.63) is 34.6 Å². The van der Waals surface area contributed by atoms with E-state index in [1.807, 2.05) is 23.1 Å². The van der Waals surface area contributed by atoms with Gasteiger partial charge in [0.25, 0.3) is 5.91 Å². The number of aryl methyl sites for hydroxylation is 1. The highest BCUT2D eigenvalue weighted by atomic mass is 32.1. The van der Waals surface area contributed by atoms with Gasteiger partial charge in [-0.25, -0.2) is 14.6 Å². The lowest BCUT2D eigenvalue weighted by Crippen LogP contribution is -2.27. The molecule has 0 atom stereocenters. The summed E-state index contributed by atoms with van der Waals surface area (Å²) in [5.41, 5.74) is 3.10. The van der Waals surface area contributed by atoms with E-state index >= 15 is 0 Å². The number of hydrogen-bond acceptors (Lipinski definition) is 5. The molecule has 3 heterocycles. The van der Waals surface area contributed by atoms with Gasteiger partial charge in [-0.05, 0) is 46.6 Å². The summed E-state index contributed by atoms with van der Waals surface area (Å²) in [4.78, 5) is 24.1. The molecule has 6 nitrogen and oxygen atoms in total. The summed E-state index contributed by atoms with van der Waals surface area (Å²) in [6, 6.07) is 1.97. The zero-order valence-corrected chi connectivity index (χ0v) is 16.6. The predicted octanol–water partition coefficient (Wildman–Crippen LogP) is 4.11. The third-order valence-electron chi connectivity index (χ3n) is 4.70. The van der Waals surface area contributed by atoms with Crippen LogP contribution in [-0.2, 0) is 5.54 Å². The first-order valence-corrected chi connectivity index (χ1v) is 9.73. The first-order chi connectivity index (χ1) is 12.3. The van der Waals surface area contributed by atoms with Crippen LogP contribution in [0.3, 0.4) is 0 Å². The molecule has 3 aromatic heterocycles. The fraction of sp³-hybridized carbons (Fsp3) is 0.474. The fourth-order valence-electron chi connectivity index (χ4n) is 3.18. The number of nitrogens with zero attached hydrogens (tertiary/aromatic N) is 5. The van der Waals surface area contributed by atoms with Gasteiger partial charge in [0.05, 0.1) is 22.2 Å². The molecule has 3 aromatic rings. The minimum atomic E-state index is -0.205. The average molecular weight is 369 g/mol. The summed E-state index contributed by atoms with van der Waals surface area (Å²) in [5, 5.41) is 8.13. The van der Waals surface area contributed by atoms with Gasteiger partial charge in [-0.2, -0.15) is 5.10 Å². The van der Waals surface area contributed by atoms with E-state index < -0.39 is 0 Å². The Labute approximate surface area is 156 Å². The van der Waals surface area contributed by atoms with Crippen LogP contribution in [0.15, 0.2) is 17.6 Å². The Morgan fingerprint density at radius 2 is 2.08 bits per heavy atom. The molecular formula is C19H23N5OS. The largest absolute Gasteiger partial charge is 0.287 e. The summed E-state index contributed by atoms with van der Waals surface area (Å²) in [6.07, 6.45) is 3.98. The molecule has 1 aliphatic carbocycles. The van der Waals surface area contributed by atoms with E-state index in [-0.39, 0.29) is 11.4 Å². The van der Waals surface area contributed by atoms with Gasteiger partial charge < -0.3 is 0 Å². The van der Waals surface area contributed by atoms with Crippen molar-refractivity contribution in [3.63, 3.8) is 0 Å². The lowest BCUT2D eigenvalue weighted by molar-refractivity contribution is 0.0994. The molecule has 0 bridgehead atoms. The minimum Gasteiger partial charge on any atom is -0.287 e. The Balaban J connectivity index is 1.93. The van der Waals surface area contributed by atoms with Crippen molar-refractivity contribution in [1.29, 1.82) is 0 Å². The average Bonchev–Trinajstić information content (AvgIpc) is 3.18. The molecule has 0 unspecified atom stereocenters. The van der Waals surface area contributed by atoms with Gasteiger partial charge in [-0.1, -0.05) is 0 Å². The van der Waals surface area contributed by atoms with E-state index in [0.29, 0.717) is 16.6 Å². The van der Waals surface area contributed by atoms with E-state index in [2.05, 4.69) is 25.8 Å². The molecule has 0 radical (unpaired) electrons. The minimum absolute atomic E-state index is 0.0641. The number of pyridine rings is 1. The first-order valence-electron chi connectivity index (χ1n) is 8.85. The molecule has 0 aliphatic heterocycles. The lowest BCUT2D eigenvalue weighted by Gasteiger charge is -2.20. The van der Waals surface area contributed by atoms with Gasteiger partial charge in [0.2, 0.25) is 0 Å². The molecule has 26 heavy (non-hydrogen) atoms. The maximum Gasteiger partial charge on any atom is 0.260 e. The van der Waals surface area contributed by atoms with Crippen LogP contribution in [0.4, 0.5) is 5.13 Å². The molecule has 0 spiro atoms. The summed E-state index contributed by atoms with van der Waals surface area (Å²) < 4.78 is 1.95. The molecule has 1 aliphatic rings. The van der Waals surface area contributed by atoms with E-state index in [4.69, 9.17) is 10.1 Å². The predicted molar refractivity (Wildman–Crippen MR) is 104 cm³/mol. The van der Waals surface area contributed by atoms with E-state index in [9.17, 15) is 4.79 Å². The van der Waals surface area contributed by atoms with E-state index in [1.54, 1.807) is 18.1 Å². The Kier molecular flexibility index (Phi) is 3.87. The van der Waals surface area contributed by atoms with Crippen molar-refractivity contribution in [1.82, 2.24) is 19.7 Å². The molecule has 7 heteroatoms. The summed E-state index contributed by atoms with van der Waals surface area (Å²) in [6.45, 7) is 8.26. The molecule has 1 amide bonds. The zero-order chi connectivity index (χ0) is 18.6. The SMILES string of the molecule is Cc1nn(C(C)(C)C)c2nc(C3CC3)cc(C(=O)N(C)c3nccs3)c12. The Morgan fingerprint density at radius 1 is 1.35 bits per heavy atom. The van der Waals surface area contributed by atoms with Gasteiger partial charge in [-0.3, -0.25) is 9.69 Å². The lowest BCUT2D eigenvalue weighted by atomic mass is 10.1. The molecule has 1 saturated carbocycles. The van der Waals surface area contributed by atoms with Gasteiger partial charge in [0, 0.05) is 30.2 Å². The Bertz CT molecular complexity index is 980. The second-order valence-electron chi connectivity index (χ2n) is 7.91. The molecule has 136 valence electrons. The number of aromatic nitrogens is 4. The van der Waals surface area contributed by atoms with Crippen LogP contribution >= 0.6 is 11.3 Å². The van der Waals surface area contributed by atoms with Crippen molar-refractivity contribution in [2.75, 3.05) is 11.9 Å². The molecule has 0 N–H and O–H groups in total. The number of carbonyl (C=O) groups excluding carboxylic acids is 1. The smallest absolute Gasteiger partial charge is 0.260 e. The number of hydrogen-bond donors (Lipinski definition) is 0. The van der Waals surface area contributed by atoms with Crippen molar-refractivity contribution >= 4 is 33.4 Å². The number of thiazole rings is 1. The number of fused-ring (bicyclic) bond motifs is 1. The molecule has 0 saturated heterocycles. The van der Waals surface area contributed by atoms with Crippen LogP contribution in [0.25, 0.3) is 11.0 Å². The van der Waals surface area contributed by atoms with Gasteiger partial charge >= 0.3 is 0 Å². The Morgan fingerprint density at radius 3 is 2.65 bits per heavy atom. The number of rotatable bonds is 3. The molecule has 1 fully saturated rings. The quantitative estimate of drug-likeness (QED) is 0.697. The monoisotopic (exact) mass is 369 g/mol. The third-order valence-corrected chi connectivity index (χ3v) is 5.55.